The summed E-state index contributed by atoms with van der Waals surface area (Å²) in [5.74, 6) is 0.207. The predicted octanol–water partition coefficient (Wildman–Crippen LogP) is 2.90. The van der Waals surface area contributed by atoms with Crippen molar-refractivity contribution in [3.63, 3.8) is 0 Å². The van der Waals surface area contributed by atoms with Crippen molar-refractivity contribution in [2.24, 2.45) is 5.73 Å². The highest BCUT2D eigenvalue weighted by Gasteiger charge is 2.23. The maximum Gasteiger partial charge on any atom is 0.271 e. The Morgan fingerprint density at radius 1 is 1.17 bits per heavy atom. The van der Waals surface area contributed by atoms with Crippen LogP contribution in [0.15, 0.2) is 18.2 Å². The number of rotatable bonds is 7. The van der Waals surface area contributed by atoms with Crippen molar-refractivity contribution in [1.29, 1.82) is 0 Å². The third-order valence-electron chi connectivity index (χ3n) is 6.78. The molecule has 1 saturated heterocycles. The lowest BCUT2D eigenvalue weighted by atomic mass is 9.93. The van der Waals surface area contributed by atoms with Crippen molar-refractivity contribution < 1.29 is 9.90 Å². The first kappa shape index (κ1) is 24.7. The molecule has 0 bridgehead atoms. The van der Waals surface area contributed by atoms with Gasteiger partial charge in [0, 0.05) is 43.6 Å². The number of nitrogens with zero attached hydrogens (tertiary/aromatic N) is 5. The van der Waals surface area contributed by atoms with E-state index in [0.29, 0.717) is 29.3 Å². The Hall–Kier alpha value is -3.42. The molecule has 35 heavy (non-hydrogen) atoms. The van der Waals surface area contributed by atoms with E-state index in [1.54, 1.807) is 6.07 Å². The standard InChI is InChI=1S/C25H34N8O2/c1-4-19-24(28-16-5-8-18(34)9-6-16)31-25(22(30-19)23(26)35)29-17-7-10-21(20(15-17)27-2)33-13-11-32(3)12-14-33/h7,10,15-16,18,34H,4-6,8-9,11-14H2,1,3H3,(H2,26,35)(H2,28,29,31)/t16-,18-. The fraction of sp³-hybridized carbons (Fsp3) is 0.520. The van der Waals surface area contributed by atoms with Crippen molar-refractivity contribution in [2.45, 2.75) is 51.2 Å². The molecule has 1 aromatic carbocycles. The van der Waals surface area contributed by atoms with Crippen molar-refractivity contribution in [3.8, 4) is 0 Å². The molecule has 0 spiro atoms. The zero-order chi connectivity index (χ0) is 24.9. The lowest BCUT2D eigenvalue weighted by molar-refractivity contribution is 0.0996. The van der Waals surface area contributed by atoms with Crippen LogP contribution in [0.2, 0.25) is 0 Å². The Balaban J connectivity index is 1.61. The number of carbonyl (C=O) groups excluding carboxylic acids is 1. The van der Waals surface area contributed by atoms with Crippen molar-refractivity contribution >= 4 is 34.6 Å². The number of aryl methyl sites for hydroxylation is 1. The number of aromatic nitrogens is 2. The molecule has 2 aromatic rings. The second-order valence-corrected chi connectivity index (χ2v) is 9.31. The smallest absolute Gasteiger partial charge is 0.271 e. The number of hydrogen-bond acceptors (Lipinski definition) is 8. The van der Waals surface area contributed by atoms with Gasteiger partial charge in [0.2, 0.25) is 5.69 Å². The molecule has 2 heterocycles. The number of amides is 1. The highest BCUT2D eigenvalue weighted by atomic mass is 16.3. The molecule has 1 amide bonds. The van der Waals surface area contributed by atoms with Gasteiger partial charge < -0.3 is 31.3 Å². The van der Waals surface area contributed by atoms with E-state index in [1.165, 1.54) is 0 Å². The lowest BCUT2D eigenvalue weighted by Gasteiger charge is -2.34. The fourth-order valence-corrected chi connectivity index (χ4v) is 4.65. The van der Waals surface area contributed by atoms with Gasteiger partial charge in [-0.1, -0.05) is 6.92 Å². The van der Waals surface area contributed by atoms with Gasteiger partial charge in [-0.15, -0.1) is 0 Å². The summed E-state index contributed by atoms with van der Waals surface area (Å²) in [5, 5.41) is 16.4. The summed E-state index contributed by atoms with van der Waals surface area (Å²) in [4.78, 5) is 29.7. The summed E-state index contributed by atoms with van der Waals surface area (Å²) in [6.45, 7) is 13.3. The fourth-order valence-electron chi connectivity index (χ4n) is 4.65. The third-order valence-corrected chi connectivity index (χ3v) is 6.78. The van der Waals surface area contributed by atoms with Crippen LogP contribution in [0.25, 0.3) is 4.85 Å². The van der Waals surface area contributed by atoms with E-state index in [9.17, 15) is 9.90 Å². The molecule has 10 nitrogen and oxygen atoms in total. The normalized spacial score (nSPS) is 20.8. The number of nitrogens with two attached hydrogens (primary N) is 1. The first-order valence-corrected chi connectivity index (χ1v) is 12.2. The Labute approximate surface area is 206 Å². The zero-order valence-electron chi connectivity index (χ0n) is 20.4. The first-order valence-electron chi connectivity index (χ1n) is 12.2. The summed E-state index contributed by atoms with van der Waals surface area (Å²) in [7, 11) is 2.10. The number of piperazine rings is 1. The van der Waals surface area contributed by atoms with Gasteiger partial charge in [0.1, 0.15) is 5.82 Å². The largest absolute Gasteiger partial charge is 0.393 e. The SMILES string of the molecule is [C-]#[N+]c1cc(Nc2nc(N[C@H]3CC[C@H](O)CC3)c(CC)nc2C(N)=O)ccc1N1CCN(C)CC1. The molecule has 10 heteroatoms. The van der Waals surface area contributed by atoms with Gasteiger partial charge in [0.15, 0.2) is 11.5 Å². The molecule has 0 unspecified atom stereocenters. The number of anilines is 4. The van der Waals surface area contributed by atoms with Crippen LogP contribution >= 0.6 is 0 Å². The Morgan fingerprint density at radius 2 is 1.89 bits per heavy atom. The highest BCUT2D eigenvalue weighted by Crippen LogP contribution is 2.34. The van der Waals surface area contributed by atoms with E-state index in [2.05, 4.69) is 37.3 Å². The first-order chi connectivity index (χ1) is 16.9. The monoisotopic (exact) mass is 478 g/mol. The number of aliphatic hydroxyl groups excluding tert-OH is 1. The van der Waals surface area contributed by atoms with Crippen LogP contribution in [0.3, 0.4) is 0 Å². The molecule has 0 radical (unpaired) electrons. The molecule has 186 valence electrons. The van der Waals surface area contributed by atoms with Crippen LogP contribution in [-0.2, 0) is 6.42 Å². The van der Waals surface area contributed by atoms with Crippen LogP contribution in [0.5, 0.6) is 0 Å². The van der Waals surface area contributed by atoms with Crippen LogP contribution in [0, 0.1) is 6.57 Å². The summed E-state index contributed by atoms with van der Waals surface area (Å²) in [5.41, 5.74) is 8.46. The number of carbonyl (C=O) groups is 1. The molecule has 4 rings (SSSR count). The topological polar surface area (TPSA) is 124 Å². The third kappa shape index (κ3) is 5.81. The summed E-state index contributed by atoms with van der Waals surface area (Å²) in [6.07, 6.45) is 3.52. The maximum atomic E-state index is 12.2. The molecule has 1 aromatic heterocycles. The van der Waals surface area contributed by atoms with Crippen LogP contribution < -0.4 is 21.3 Å². The van der Waals surface area contributed by atoms with Gasteiger partial charge >= 0.3 is 0 Å². The average molecular weight is 479 g/mol. The summed E-state index contributed by atoms with van der Waals surface area (Å²) < 4.78 is 0. The molecule has 1 saturated carbocycles. The molecule has 1 aliphatic carbocycles. The van der Waals surface area contributed by atoms with E-state index in [0.717, 1.165) is 57.5 Å². The maximum absolute atomic E-state index is 12.2. The molecule has 5 N–H and O–H groups in total. The number of benzene rings is 1. The zero-order valence-corrected chi connectivity index (χ0v) is 20.4. The van der Waals surface area contributed by atoms with Crippen molar-refractivity contribution in [3.05, 3.63) is 41.0 Å². The van der Waals surface area contributed by atoms with Gasteiger partial charge in [-0.2, -0.15) is 0 Å². The average Bonchev–Trinajstić information content (AvgIpc) is 2.86. The molecule has 2 fully saturated rings. The van der Waals surface area contributed by atoms with Gasteiger partial charge in [-0.25, -0.2) is 14.8 Å². The van der Waals surface area contributed by atoms with E-state index < -0.39 is 5.91 Å². The Morgan fingerprint density at radius 3 is 2.51 bits per heavy atom. The minimum atomic E-state index is -0.665. The number of primary amides is 1. The van der Waals surface area contributed by atoms with Crippen molar-refractivity contribution in [2.75, 3.05) is 48.8 Å². The number of nitrogens with one attached hydrogen (secondary N) is 2. The minimum Gasteiger partial charge on any atom is -0.393 e. The lowest BCUT2D eigenvalue weighted by Crippen LogP contribution is -2.44. The Kier molecular flexibility index (Phi) is 7.68. The highest BCUT2D eigenvalue weighted by molar-refractivity contribution is 5.96. The van der Waals surface area contributed by atoms with Crippen molar-refractivity contribution in [1.82, 2.24) is 14.9 Å². The summed E-state index contributed by atoms with van der Waals surface area (Å²) >= 11 is 0. The number of likely N-dealkylation sites (N-methyl/N-ethyl adjacent to an activating group) is 1. The minimum absolute atomic E-state index is 0.0685. The molecule has 0 atom stereocenters. The number of aliphatic hydroxyl groups is 1. The summed E-state index contributed by atoms with van der Waals surface area (Å²) in [6, 6.07) is 5.78. The van der Waals surface area contributed by atoms with Gasteiger partial charge in [-0.3, -0.25) is 4.79 Å². The molecule has 1 aliphatic heterocycles. The van der Waals surface area contributed by atoms with Gasteiger partial charge in [0.05, 0.1) is 18.4 Å². The second kappa shape index (κ2) is 10.9. The second-order valence-electron chi connectivity index (χ2n) is 9.31. The quantitative estimate of drug-likeness (QED) is 0.448. The number of hydrogen-bond donors (Lipinski definition) is 4. The van der Waals surface area contributed by atoms with E-state index >= 15 is 0 Å². The van der Waals surface area contributed by atoms with Gasteiger partial charge in [-0.05, 0) is 57.4 Å². The Bertz CT molecular complexity index is 1100. The van der Waals surface area contributed by atoms with E-state index in [-0.39, 0.29) is 23.7 Å². The van der Waals surface area contributed by atoms with Gasteiger partial charge in [0.25, 0.3) is 5.91 Å². The van der Waals surface area contributed by atoms with E-state index in [4.69, 9.17) is 17.3 Å². The molecular weight excluding hydrogens is 444 g/mol. The molecular formula is C25H34N8O2. The molecule has 2 aliphatic rings. The van der Waals surface area contributed by atoms with E-state index in [1.807, 2.05) is 19.1 Å². The van der Waals surface area contributed by atoms with Crippen LogP contribution in [0.1, 0.15) is 48.8 Å². The predicted molar refractivity (Wildman–Crippen MR) is 138 cm³/mol. The van der Waals surface area contributed by atoms with Crippen LogP contribution in [-0.4, -0.2) is 71.3 Å². The van der Waals surface area contributed by atoms with Crippen LogP contribution in [0.4, 0.5) is 28.7 Å².